The Morgan fingerprint density at radius 2 is 2.17 bits per heavy atom. The van der Waals surface area contributed by atoms with Crippen molar-refractivity contribution in [3.8, 4) is 0 Å². The van der Waals surface area contributed by atoms with Crippen molar-refractivity contribution in [1.82, 2.24) is 10.2 Å². The summed E-state index contributed by atoms with van der Waals surface area (Å²) in [5, 5.41) is 3.40. The van der Waals surface area contributed by atoms with Gasteiger partial charge in [-0.15, -0.1) is 0 Å². The van der Waals surface area contributed by atoms with Gasteiger partial charge in [0.1, 0.15) is 0 Å². The van der Waals surface area contributed by atoms with Gasteiger partial charge in [-0.25, -0.2) is 0 Å². The van der Waals surface area contributed by atoms with E-state index in [1.807, 2.05) is 18.2 Å². The van der Waals surface area contributed by atoms with Crippen LogP contribution in [0.15, 0.2) is 24.3 Å². The van der Waals surface area contributed by atoms with Crippen molar-refractivity contribution < 1.29 is 9.59 Å². The van der Waals surface area contributed by atoms with E-state index in [0.29, 0.717) is 24.5 Å². The first-order valence-electron chi connectivity index (χ1n) is 5.94. The largest absolute Gasteiger partial charge is 0.350 e. The van der Waals surface area contributed by atoms with Crippen LogP contribution in [-0.2, 0) is 16.1 Å². The lowest BCUT2D eigenvalue weighted by atomic mass is 10.2. The molecule has 4 nitrogen and oxygen atoms in total. The molecule has 2 amide bonds. The second-order valence-electron chi connectivity index (χ2n) is 4.29. The quantitative estimate of drug-likeness (QED) is 0.900. The highest BCUT2D eigenvalue weighted by molar-refractivity contribution is 6.31. The van der Waals surface area contributed by atoms with Crippen molar-refractivity contribution in [3.05, 3.63) is 34.9 Å². The van der Waals surface area contributed by atoms with Gasteiger partial charge in [-0.2, -0.15) is 0 Å². The molecule has 1 aliphatic rings. The van der Waals surface area contributed by atoms with Gasteiger partial charge in [-0.3, -0.25) is 9.59 Å². The maximum atomic E-state index is 11.7. The van der Waals surface area contributed by atoms with E-state index in [2.05, 4.69) is 5.32 Å². The number of carbonyl (C=O) groups excluding carboxylic acids is 2. The number of likely N-dealkylation sites (tertiary alicyclic amines) is 1. The van der Waals surface area contributed by atoms with Crippen molar-refractivity contribution in [2.75, 3.05) is 13.1 Å². The van der Waals surface area contributed by atoms with Gasteiger partial charge in [0.2, 0.25) is 11.8 Å². The number of nitrogens with zero attached hydrogens (tertiary/aromatic N) is 1. The molecule has 0 aliphatic carbocycles. The average Bonchev–Trinajstić information content (AvgIpc) is 2.74. The normalized spacial score (nSPS) is 14.9. The van der Waals surface area contributed by atoms with Crippen LogP contribution in [0.4, 0.5) is 0 Å². The van der Waals surface area contributed by atoms with Crippen molar-refractivity contribution in [3.63, 3.8) is 0 Å². The summed E-state index contributed by atoms with van der Waals surface area (Å²) in [6, 6.07) is 7.37. The molecular weight excluding hydrogens is 252 g/mol. The summed E-state index contributed by atoms with van der Waals surface area (Å²) in [7, 11) is 0. The lowest BCUT2D eigenvalue weighted by molar-refractivity contribution is -0.133. The number of nitrogens with one attached hydrogen (secondary N) is 1. The fourth-order valence-electron chi connectivity index (χ4n) is 1.94. The number of benzene rings is 1. The highest BCUT2D eigenvalue weighted by atomic mass is 35.5. The van der Waals surface area contributed by atoms with Gasteiger partial charge < -0.3 is 10.2 Å². The molecular formula is C13H15ClN2O2. The second-order valence-corrected chi connectivity index (χ2v) is 4.69. The van der Waals surface area contributed by atoms with Gasteiger partial charge in [0.15, 0.2) is 0 Å². The van der Waals surface area contributed by atoms with Gasteiger partial charge in [0.05, 0.1) is 6.54 Å². The Morgan fingerprint density at radius 3 is 2.83 bits per heavy atom. The minimum Gasteiger partial charge on any atom is -0.350 e. The molecule has 1 saturated heterocycles. The first kappa shape index (κ1) is 12.9. The summed E-state index contributed by atoms with van der Waals surface area (Å²) < 4.78 is 0. The van der Waals surface area contributed by atoms with Crippen LogP contribution in [0.25, 0.3) is 0 Å². The van der Waals surface area contributed by atoms with E-state index < -0.39 is 0 Å². The highest BCUT2D eigenvalue weighted by Gasteiger charge is 2.22. The minimum atomic E-state index is -0.148. The topological polar surface area (TPSA) is 49.4 Å². The molecule has 0 bridgehead atoms. The maximum absolute atomic E-state index is 11.7. The Labute approximate surface area is 111 Å². The minimum absolute atomic E-state index is 0.0582. The molecule has 2 rings (SSSR count). The van der Waals surface area contributed by atoms with Crippen LogP contribution >= 0.6 is 11.6 Å². The van der Waals surface area contributed by atoms with Gasteiger partial charge >= 0.3 is 0 Å². The van der Waals surface area contributed by atoms with Gasteiger partial charge in [-0.1, -0.05) is 29.8 Å². The number of hydrogen-bond donors (Lipinski definition) is 1. The molecule has 0 saturated carbocycles. The summed E-state index contributed by atoms with van der Waals surface area (Å²) in [5.74, 6) is -0.0898. The third kappa shape index (κ3) is 3.23. The summed E-state index contributed by atoms with van der Waals surface area (Å²) >= 11 is 5.99. The predicted octanol–water partition coefficient (Wildman–Crippen LogP) is 1.58. The van der Waals surface area contributed by atoms with Crippen LogP contribution < -0.4 is 5.32 Å². The van der Waals surface area contributed by atoms with Crippen LogP contribution in [0, 0.1) is 0 Å². The van der Waals surface area contributed by atoms with Gasteiger partial charge in [0.25, 0.3) is 0 Å². The van der Waals surface area contributed by atoms with Crippen LogP contribution in [0.5, 0.6) is 0 Å². The third-order valence-electron chi connectivity index (χ3n) is 2.94. The summed E-state index contributed by atoms with van der Waals surface area (Å²) in [4.78, 5) is 24.6. The first-order chi connectivity index (χ1) is 8.66. The molecule has 1 aliphatic heterocycles. The van der Waals surface area contributed by atoms with Crippen molar-refractivity contribution >= 4 is 23.4 Å². The van der Waals surface area contributed by atoms with E-state index in [1.165, 1.54) is 0 Å². The summed E-state index contributed by atoms with van der Waals surface area (Å²) in [5.41, 5.74) is 0.875. The first-order valence-corrected chi connectivity index (χ1v) is 6.32. The molecule has 1 aromatic carbocycles. The van der Waals surface area contributed by atoms with Gasteiger partial charge in [-0.05, 0) is 18.1 Å². The van der Waals surface area contributed by atoms with Crippen LogP contribution in [0.3, 0.4) is 0 Å². The molecule has 0 radical (unpaired) electrons. The zero-order valence-corrected chi connectivity index (χ0v) is 10.7. The zero-order chi connectivity index (χ0) is 13.0. The molecule has 18 heavy (non-hydrogen) atoms. The standard InChI is InChI=1S/C13H15ClN2O2/c14-11-5-2-1-4-10(11)8-15-12(17)9-16-7-3-6-13(16)18/h1-2,4-5H,3,6-9H2,(H,15,17). The van der Waals surface area contributed by atoms with E-state index in [9.17, 15) is 9.59 Å². The van der Waals surface area contributed by atoms with Crippen molar-refractivity contribution in [1.29, 1.82) is 0 Å². The molecule has 0 unspecified atom stereocenters. The van der Waals surface area contributed by atoms with Gasteiger partial charge in [0, 0.05) is 24.5 Å². The molecule has 1 fully saturated rings. The average molecular weight is 267 g/mol. The molecule has 1 N–H and O–H groups in total. The smallest absolute Gasteiger partial charge is 0.239 e. The summed E-state index contributed by atoms with van der Waals surface area (Å²) in [6.07, 6.45) is 1.40. The van der Waals surface area contributed by atoms with Crippen LogP contribution in [-0.4, -0.2) is 29.8 Å². The van der Waals surface area contributed by atoms with E-state index in [1.54, 1.807) is 11.0 Å². The predicted molar refractivity (Wildman–Crippen MR) is 69.1 cm³/mol. The summed E-state index contributed by atoms with van der Waals surface area (Å²) in [6.45, 7) is 1.21. The van der Waals surface area contributed by atoms with Crippen molar-refractivity contribution in [2.45, 2.75) is 19.4 Å². The molecule has 5 heteroatoms. The molecule has 1 aromatic rings. The lowest BCUT2D eigenvalue weighted by Gasteiger charge is -2.15. The molecule has 0 aromatic heterocycles. The zero-order valence-electron chi connectivity index (χ0n) is 9.99. The fourth-order valence-corrected chi connectivity index (χ4v) is 2.14. The number of rotatable bonds is 4. The Hall–Kier alpha value is -1.55. The SMILES string of the molecule is O=C(CN1CCCC1=O)NCc1ccccc1Cl. The maximum Gasteiger partial charge on any atom is 0.239 e. The second kappa shape index (κ2) is 5.87. The molecule has 0 spiro atoms. The Morgan fingerprint density at radius 1 is 1.39 bits per heavy atom. The number of amides is 2. The molecule has 96 valence electrons. The Bertz CT molecular complexity index is 462. The van der Waals surface area contributed by atoms with E-state index in [-0.39, 0.29) is 18.4 Å². The molecule has 0 atom stereocenters. The van der Waals surface area contributed by atoms with E-state index in [4.69, 9.17) is 11.6 Å². The number of halogens is 1. The fraction of sp³-hybridized carbons (Fsp3) is 0.385. The third-order valence-corrected chi connectivity index (χ3v) is 3.31. The Balaban J connectivity index is 1.82. The highest BCUT2D eigenvalue weighted by Crippen LogP contribution is 2.14. The number of hydrogen-bond acceptors (Lipinski definition) is 2. The van der Waals surface area contributed by atoms with Crippen LogP contribution in [0.2, 0.25) is 5.02 Å². The Kier molecular flexibility index (Phi) is 4.20. The van der Waals surface area contributed by atoms with E-state index >= 15 is 0 Å². The lowest BCUT2D eigenvalue weighted by Crippen LogP contribution is -2.37. The van der Waals surface area contributed by atoms with E-state index in [0.717, 1.165) is 12.0 Å². The molecule has 1 heterocycles. The van der Waals surface area contributed by atoms with Crippen molar-refractivity contribution in [2.24, 2.45) is 0 Å². The number of carbonyl (C=O) groups is 2. The monoisotopic (exact) mass is 266 g/mol. The van der Waals surface area contributed by atoms with Crippen LogP contribution in [0.1, 0.15) is 18.4 Å².